The van der Waals surface area contributed by atoms with Gasteiger partial charge in [-0.3, -0.25) is 4.79 Å². The summed E-state index contributed by atoms with van der Waals surface area (Å²) in [4.78, 5) is 11.8. The third-order valence-electron chi connectivity index (χ3n) is 3.05. The molecule has 1 aromatic carbocycles. The van der Waals surface area contributed by atoms with Crippen LogP contribution in [0.1, 0.15) is 49.9 Å². The molecule has 2 heteroatoms. The highest BCUT2D eigenvalue weighted by atomic mass is 16.1. The minimum atomic E-state index is 0.0369. The molecule has 0 saturated carbocycles. The van der Waals surface area contributed by atoms with E-state index in [1.807, 2.05) is 13.8 Å². The Morgan fingerprint density at radius 3 is 2.41 bits per heavy atom. The molecule has 2 nitrogen and oxygen atoms in total. The first-order chi connectivity index (χ1) is 7.95. The van der Waals surface area contributed by atoms with E-state index >= 15 is 0 Å². The summed E-state index contributed by atoms with van der Waals surface area (Å²) in [5, 5.41) is 3.10. The highest BCUT2D eigenvalue weighted by Crippen LogP contribution is 2.22. The number of rotatable bonds is 4. The molecule has 17 heavy (non-hydrogen) atoms. The Balaban J connectivity index is 2.90. The molecule has 1 atom stereocenters. The third kappa shape index (κ3) is 3.58. The van der Waals surface area contributed by atoms with Gasteiger partial charge < -0.3 is 5.32 Å². The molecule has 0 radical (unpaired) electrons. The van der Waals surface area contributed by atoms with Gasteiger partial charge in [0.15, 0.2) is 0 Å². The molecule has 0 aliphatic rings. The van der Waals surface area contributed by atoms with Crippen molar-refractivity contribution >= 4 is 5.91 Å². The van der Waals surface area contributed by atoms with Gasteiger partial charge in [0.2, 0.25) is 5.91 Å². The lowest BCUT2D eigenvalue weighted by Gasteiger charge is -2.21. The predicted molar refractivity (Wildman–Crippen MR) is 71.9 cm³/mol. The van der Waals surface area contributed by atoms with Crippen molar-refractivity contribution in [2.24, 2.45) is 5.92 Å². The second-order valence-electron chi connectivity index (χ2n) is 4.98. The van der Waals surface area contributed by atoms with E-state index in [0.717, 1.165) is 6.42 Å². The maximum Gasteiger partial charge on any atom is 0.223 e. The molecular weight excluding hydrogens is 210 g/mol. The molecule has 1 amide bonds. The van der Waals surface area contributed by atoms with Crippen molar-refractivity contribution in [3.05, 3.63) is 34.9 Å². The Morgan fingerprint density at radius 1 is 1.29 bits per heavy atom. The summed E-state index contributed by atoms with van der Waals surface area (Å²) in [5.41, 5.74) is 3.74. The lowest BCUT2D eigenvalue weighted by atomic mass is 9.97. The highest BCUT2D eigenvalue weighted by molar-refractivity contribution is 5.78. The number of nitrogens with one attached hydrogen (secondary N) is 1. The van der Waals surface area contributed by atoms with Crippen molar-refractivity contribution < 1.29 is 4.79 Å². The van der Waals surface area contributed by atoms with Gasteiger partial charge in [0.05, 0.1) is 6.04 Å². The number of carbonyl (C=O) groups excluding carboxylic acids is 1. The zero-order valence-corrected chi connectivity index (χ0v) is 11.5. The maximum atomic E-state index is 11.8. The average molecular weight is 233 g/mol. The topological polar surface area (TPSA) is 29.1 Å². The number of amides is 1. The number of hydrogen-bond acceptors (Lipinski definition) is 1. The summed E-state index contributed by atoms with van der Waals surface area (Å²) in [6.07, 6.45) is 0.919. The van der Waals surface area contributed by atoms with Crippen molar-refractivity contribution in [2.45, 2.75) is 47.1 Å². The zero-order chi connectivity index (χ0) is 13.0. The summed E-state index contributed by atoms with van der Waals surface area (Å²) >= 11 is 0. The SMILES string of the molecule is CCC(NC(=O)C(C)C)c1ccc(C)cc1C. The van der Waals surface area contributed by atoms with E-state index in [4.69, 9.17) is 0 Å². The van der Waals surface area contributed by atoms with Gasteiger partial charge in [-0.25, -0.2) is 0 Å². The first kappa shape index (κ1) is 13.8. The van der Waals surface area contributed by atoms with Crippen LogP contribution in [0.5, 0.6) is 0 Å². The molecule has 0 fully saturated rings. The van der Waals surface area contributed by atoms with Crippen molar-refractivity contribution in [2.75, 3.05) is 0 Å². The Labute approximate surface area is 104 Å². The monoisotopic (exact) mass is 233 g/mol. The fourth-order valence-electron chi connectivity index (χ4n) is 1.95. The van der Waals surface area contributed by atoms with Crippen LogP contribution in [0.15, 0.2) is 18.2 Å². The summed E-state index contributed by atoms with van der Waals surface area (Å²) in [6, 6.07) is 6.52. The molecule has 0 aliphatic carbocycles. The molecule has 0 saturated heterocycles. The largest absolute Gasteiger partial charge is 0.349 e. The summed E-state index contributed by atoms with van der Waals surface area (Å²) in [6.45, 7) is 10.1. The first-order valence-corrected chi connectivity index (χ1v) is 6.33. The van der Waals surface area contributed by atoms with Gasteiger partial charge in [0, 0.05) is 5.92 Å². The molecule has 0 aliphatic heterocycles. The molecule has 0 heterocycles. The minimum Gasteiger partial charge on any atom is -0.349 e. The van der Waals surface area contributed by atoms with Gasteiger partial charge in [-0.15, -0.1) is 0 Å². The average Bonchev–Trinajstić information content (AvgIpc) is 2.26. The smallest absolute Gasteiger partial charge is 0.223 e. The third-order valence-corrected chi connectivity index (χ3v) is 3.05. The molecule has 1 aromatic rings. The Kier molecular flexibility index (Phi) is 4.73. The normalized spacial score (nSPS) is 12.6. The molecular formula is C15H23NO. The van der Waals surface area contributed by atoms with Gasteiger partial charge >= 0.3 is 0 Å². The molecule has 1 rings (SSSR count). The Hall–Kier alpha value is -1.31. The van der Waals surface area contributed by atoms with E-state index in [-0.39, 0.29) is 17.9 Å². The summed E-state index contributed by atoms with van der Waals surface area (Å²) < 4.78 is 0. The molecule has 1 unspecified atom stereocenters. The second-order valence-corrected chi connectivity index (χ2v) is 4.98. The van der Waals surface area contributed by atoms with Crippen LogP contribution in [-0.2, 0) is 4.79 Å². The predicted octanol–water partition coefficient (Wildman–Crippen LogP) is 3.53. The number of hydrogen-bond donors (Lipinski definition) is 1. The number of benzene rings is 1. The second kappa shape index (κ2) is 5.85. The van der Waals surface area contributed by atoms with E-state index in [1.165, 1.54) is 16.7 Å². The number of aryl methyl sites for hydroxylation is 2. The molecule has 0 bridgehead atoms. The van der Waals surface area contributed by atoms with Crippen molar-refractivity contribution in [3.63, 3.8) is 0 Å². The van der Waals surface area contributed by atoms with Crippen LogP contribution in [0, 0.1) is 19.8 Å². The van der Waals surface area contributed by atoms with E-state index < -0.39 is 0 Å². The van der Waals surface area contributed by atoms with Gasteiger partial charge in [0.1, 0.15) is 0 Å². The van der Waals surface area contributed by atoms with E-state index in [1.54, 1.807) is 0 Å². The molecule has 94 valence electrons. The first-order valence-electron chi connectivity index (χ1n) is 6.33. The van der Waals surface area contributed by atoms with Crippen molar-refractivity contribution in [3.8, 4) is 0 Å². The standard InChI is InChI=1S/C15H23NO/c1-6-14(16-15(17)10(2)3)13-8-7-11(4)9-12(13)5/h7-10,14H,6H2,1-5H3,(H,16,17). The maximum absolute atomic E-state index is 11.8. The molecule has 1 N–H and O–H groups in total. The Bertz CT molecular complexity index is 396. The van der Waals surface area contributed by atoms with Crippen LogP contribution in [0.4, 0.5) is 0 Å². The fraction of sp³-hybridized carbons (Fsp3) is 0.533. The zero-order valence-electron chi connectivity index (χ0n) is 11.5. The van der Waals surface area contributed by atoms with Crippen molar-refractivity contribution in [1.29, 1.82) is 0 Å². The number of carbonyl (C=O) groups is 1. The van der Waals surface area contributed by atoms with E-state index in [0.29, 0.717) is 0 Å². The molecule has 0 aromatic heterocycles. The van der Waals surface area contributed by atoms with Gasteiger partial charge in [0.25, 0.3) is 0 Å². The van der Waals surface area contributed by atoms with E-state index in [2.05, 4.69) is 44.3 Å². The van der Waals surface area contributed by atoms with Gasteiger partial charge in [-0.05, 0) is 31.4 Å². The van der Waals surface area contributed by atoms with Gasteiger partial charge in [-0.2, -0.15) is 0 Å². The van der Waals surface area contributed by atoms with Crippen LogP contribution in [0.2, 0.25) is 0 Å². The van der Waals surface area contributed by atoms with Crippen molar-refractivity contribution in [1.82, 2.24) is 5.32 Å². The van der Waals surface area contributed by atoms with Crippen LogP contribution >= 0.6 is 0 Å². The van der Waals surface area contributed by atoms with E-state index in [9.17, 15) is 4.79 Å². The highest BCUT2D eigenvalue weighted by Gasteiger charge is 2.16. The van der Waals surface area contributed by atoms with Crippen LogP contribution in [-0.4, -0.2) is 5.91 Å². The lowest BCUT2D eigenvalue weighted by Crippen LogP contribution is -2.31. The Morgan fingerprint density at radius 2 is 1.94 bits per heavy atom. The summed E-state index contributed by atoms with van der Waals surface area (Å²) in [7, 11) is 0. The fourth-order valence-corrected chi connectivity index (χ4v) is 1.95. The van der Waals surface area contributed by atoms with Crippen LogP contribution in [0.25, 0.3) is 0 Å². The van der Waals surface area contributed by atoms with Gasteiger partial charge in [-0.1, -0.05) is 44.5 Å². The van der Waals surface area contributed by atoms with Crippen LogP contribution in [0.3, 0.4) is 0 Å². The van der Waals surface area contributed by atoms with Crippen LogP contribution < -0.4 is 5.32 Å². The quantitative estimate of drug-likeness (QED) is 0.847. The lowest BCUT2D eigenvalue weighted by molar-refractivity contribution is -0.124. The summed E-state index contributed by atoms with van der Waals surface area (Å²) in [5.74, 6) is 0.159. The minimum absolute atomic E-state index is 0.0369. The molecule has 0 spiro atoms.